The highest BCUT2D eigenvalue weighted by Crippen LogP contribution is 2.28. The smallest absolute Gasteiger partial charge is 0.227 e. The molecule has 1 N–H and O–H groups in total. The Morgan fingerprint density at radius 3 is 2.55 bits per heavy atom. The van der Waals surface area contributed by atoms with E-state index in [-0.39, 0.29) is 23.8 Å². The molecule has 2 amide bonds. The number of hydrogen-bond donors (Lipinski definition) is 1. The molecule has 3 rings (SSSR count). The first kappa shape index (κ1) is 14.9. The SMILES string of the molecule is CC(C)Oc1ccc(N2C[C@H](C(=O)NC3CC3)CC2=O)cc1. The van der Waals surface area contributed by atoms with Crippen LogP contribution >= 0.6 is 0 Å². The van der Waals surface area contributed by atoms with E-state index in [9.17, 15) is 9.59 Å². The summed E-state index contributed by atoms with van der Waals surface area (Å²) in [6.07, 6.45) is 2.54. The molecule has 1 aliphatic carbocycles. The van der Waals surface area contributed by atoms with E-state index in [1.807, 2.05) is 38.1 Å². The van der Waals surface area contributed by atoms with E-state index < -0.39 is 0 Å². The van der Waals surface area contributed by atoms with Gasteiger partial charge in [0.1, 0.15) is 5.75 Å². The third-order valence-corrected chi connectivity index (χ3v) is 3.94. The van der Waals surface area contributed by atoms with E-state index in [1.165, 1.54) is 0 Å². The first-order chi connectivity index (χ1) is 10.5. The van der Waals surface area contributed by atoms with Gasteiger partial charge in [0.15, 0.2) is 0 Å². The first-order valence-corrected chi connectivity index (χ1v) is 7.90. The summed E-state index contributed by atoms with van der Waals surface area (Å²) in [6, 6.07) is 7.80. The van der Waals surface area contributed by atoms with Crippen molar-refractivity contribution < 1.29 is 14.3 Å². The zero-order chi connectivity index (χ0) is 15.7. The Hall–Kier alpha value is -2.04. The normalized spacial score (nSPS) is 21.3. The zero-order valence-electron chi connectivity index (χ0n) is 13.0. The maximum atomic E-state index is 12.2. The molecule has 0 bridgehead atoms. The number of rotatable bonds is 5. The summed E-state index contributed by atoms with van der Waals surface area (Å²) < 4.78 is 5.60. The average molecular weight is 302 g/mol. The lowest BCUT2D eigenvalue weighted by molar-refractivity contribution is -0.126. The fourth-order valence-electron chi connectivity index (χ4n) is 2.66. The van der Waals surface area contributed by atoms with Gasteiger partial charge in [0.25, 0.3) is 0 Å². The van der Waals surface area contributed by atoms with Crippen molar-refractivity contribution in [2.45, 2.75) is 45.3 Å². The zero-order valence-corrected chi connectivity index (χ0v) is 13.0. The van der Waals surface area contributed by atoms with Gasteiger partial charge in [0.05, 0.1) is 12.0 Å². The van der Waals surface area contributed by atoms with E-state index >= 15 is 0 Å². The first-order valence-electron chi connectivity index (χ1n) is 7.90. The van der Waals surface area contributed by atoms with Crippen LogP contribution in [-0.2, 0) is 9.59 Å². The van der Waals surface area contributed by atoms with Crippen LogP contribution in [0.4, 0.5) is 5.69 Å². The van der Waals surface area contributed by atoms with Gasteiger partial charge in [-0.1, -0.05) is 0 Å². The van der Waals surface area contributed by atoms with Crippen LogP contribution in [0.25, 0.3) is 0 Å². The van der Waals surface area contributed by atoms with Crippen LogP contribution in [0.5, 0.6) is 5.75 Å². The minimum atomic E-state index is -0.236. The molecule has 1 saturated heterocycles. The fraction of sp³-hybridized carbons (Fsp3) is 0.529. The van der Waals surface area contributed by atoms with Crippen molar-refractivity contribution >= 4 is 17.5 Å². The van der Waals surface area contributed by atoms with Gasteiger partial charge in [0, 0.05) is 24.7 Å². The van der Waals surface area contributed by atoms with Gasteiger partial charge in [-0.3, -0.25) is 9.59 Å². The number of benzene rings is 1. The molecule has 22 heavy (non-hydrogen) atoms. The minimum Gasteiger partial charge on any atom is -0.491 e. The number of anilines is 1. The Labute approximate surface area is 130 Å². The second kappa shape index (κ2) is 5.99. The third-order valence-electron chi connectivity index (χ3n) is 3.94. The van der Waals surface area contributed by atoms with E-state index in [4.69, 9.17) is 4.74 Å². The molecule has 1 heterocycles. The molecule has 5 nitrogen and oxygen atoms in total. The summed E-state index contributed by atoms with van der Waals surface area (Å²) >= 11 is 0. The monoisotopic (exact) mass is 302 g/mol. The molecular formula is C17H22N2O3. The highest BCUT2D eigenvalue weighted by atomic mass is 16.5. The molecule has 0 radical (unpaired) electrons. The molecular weight excluding hydrogens is 280 g/mol. The van der Waals surface area contributed by atoms with Gasteiger partial charge in [0.2, 0.25) is 11.8 Å². The summed E-state index contributed by atoms with van der Waals surface area (Å²) in [7, 11) is 0. The van der Waals surface area contributed by atoms with Gasteiger partial charge in [-0.05, 0) is 51.0 Å². The fourth-order valence-corrected chi connectivity index (χ4v) is 2.66. The number of carbonyl (C=O) groups excluding carboxylic acids is 2. The van der Waals surface area contributed by atoms with Gasteiger partial charge in [-0.25, -0.2) is 0 Å². The molecule has 118 valence electrons. The molecule has 2 fully saturated rings. The summed E-state index contributed by atoms with van der Waals surface area (Å²) in [5.41, 5.74) is 0.822. The van der Waals surface area contributed by atoms with Crippen molar-refractivity contribution in [3.63, 3.8) is 0 Å². The van der Waals surface area contributed by atoms with E-state index in [0.29, 0.717) is 19.0 Å². The molecule has 1 aromatic rings. The Morgan fingerprint density at radius 1 is 1.27 bits per heavy atom. The van der Waals surface area contributed by atoms with Gasteiger partial charge < -0.3 is 15.0 Å². The highest BCUT2D eigenvalue weighted by molar-refractivity contribution is 6.00. The van der Waals surface area contributed by atoms with Crippen LogP contribution in [0.1, 0.15) is 33.1 Å². The Kier molecular flexibility index (Phi) is 4.05. The lowest BCUT2D eigenvalue weighted by Gasteiger charge is -2.17. The lowest BCUT2D eigenvalue weighted by atomic mass is 10.1. The molecule has 5 heteroatoms. The molecule has 0 aromatic heterocycles. The van der Waals surface area contributed by atoms with Crippen LogP contribution in [0.15, 0.2) is 24.3 Å². The van der Waals surface area contributed by atoms with Crippen LogP contribution in [0, 0.1) is 5.92 Å². The maximum absolute atomic E-state index is 12.2. The topological polar surface area (TPSA) is 58.6 Å². The van der Waals surface area contributed by atoms with Crippen molar-refractivity contribution in [1.82, 2.24) is 5.32 Å². The molecule has 1 saturated carbocycles. The summed E-state index contributed by atoms with van der Waals surface area (Å²) in [4.78, 5) is 25.9. The minimum absolute atomic E-state index is 0.00785. The summed E-state index contributed by atoms with van der Waals surface area (Å²) in [5.74, 6) is 0.569. The van der Waals surface area contributed by atoms with E-state index in [2.05, 4.69) is 5.32 Å². The third kappa shape index (κ3) is 3.40. The molecule has 1 aromatic carbocycles. The highest BCUT2D eigenvalue weighted by Gasteiger charge is 2.37. The number of amides is 2. The van der Waals surface area contributed by atoms with Crippen LogP contribution < -0.4 is 15.0 Å². The Morgan fingerprint density at radius 2 is 1.95 bits per heavy atom. The quantitative estimate of drug-likeness (QED) is 0.906. The maximum Gasteiger partial charge on any atom is 0.227 e. The number of carbonyl (C=O) groups is 2. The van der Waals surface area contributed by atoms with E-state index in [0.717, 1.165) is 24.3 Å². The molecule has 1 aliphatic heterocycles. The van der Waals surface area contributed by atoms with Crippen molar-refractivity contribution in [3.05, 3.63) is 24.3 Å². The molecule has 1 atom stereocenters. The standard InChI is InChI=1S/C17H22N2O3/c1-11(2)22-15-7-5-14(6-8-15)19-10-12(9-16(19)20)17(21)18-13-3-4-13/h5-8,11-13H,3-4,9-10H2,1-2H3,(H,18,21)/t12-/m1/s1. The molecule has 0 unspecified atom stereocenters. The largest absolute Gasteiger partial charge is 0.491 e. The van der Waals surface area contributed by atoms with Crippen LogP contribution in [-0.4, -0.2) is 30.5 Å². The van der Waals surface area contributed by atoms with Crippen molar-refractivity contribution in [2.24, 2.45) is 5.92 Å². The van der Waals surface area contributed by atoms with Crippen molar-refractivity contribution in [1.29, 1.82) is 0 Å². The van der Waals surface area contributed by atoms with Crippen molar-refractivity contribution in [2.75, 3.05) is 11.4 Å². The molecule has 0 spiro atoms. The number of nitrogens with zero attached hydrogens (tertiary/aromatic N) is 1. The molecule has 2 aliphatic rings. The second-order valence-corrected chi connectivity index (χ2v) is 6.35. The van der Waals surface area contributed by atoms with Gasteiger partial charge in [-0.2, -0.15) is 0 Å². The second-order valence-electron chi connectivity index (χ2n) is 6.35. The summed E-state index contributed by atoms with van der Waals surface area (Å²) in [5, 5.41) is 2.98. The van der Waals surface area contributed by atoms with Crippen LogP contribution in [0.2, 0.25) is 0 Å². The lowest BCUT2D eigenvalue weighted by Crippen LogP contribution is -2.34. The predicted octanol–water partition coefficient (Wildman–Crippen LogP) is 2.11. The number of ether oxygens (including phenoxy) is 1. The predicted molar refractivity (Wildman–Crippen MR) is 83.8 cm³/mol. The van der Waals surface area contributed by atoms with Crippen LogP contribution in [0.3, 0.4) is 0 Å². The van der Waals surface area contributed by atoms with Crippen molar-refractivity contribution in [3.8, 4) is 5.75 Å². The Balaban J connectivity index is 1.64. The Bertz CT molecular complexity index is 564. The summed E-state index contributed by atoms with van der Waals surface area (Å²) in [6.45, 7) is 4.41. The van der Waals surface area contributed by atoms with Gasteiger partial charge >= 0.3 is 0 Å². The van der Waals surface area contributed by atoms with E-state index in [1.54, 1.807) is 4.90 Å². The average Bonchev–Trinajstić information content (AvgIpc) is 3.19. The van der Waals surface area contributed by atoms with Gasteiger partial charge in [-0.15, -0.1) is 0 Å². The number of hydrogen-bond acceptors (Lipinski definition) is 3. The number of nitrogens with one attached hydrogen (secondary N) is 1.